The maximum absolute atomic E-state index is 12.9. The Kier molecular flexibility index (Phi) is 5.77. The van der Waals surface area contributed by atoms with Gasteiger partial charge in [0.1, 0.15) is 6.04 Å². The molecule has 2 unspecified atom stereocenters. The first-order valence-corrected chi connectivity index (χ1v) is 11.5. The van der Waals surface area contributed by atoms with Crippen LogP contribution in [-0.4, -0.2) is 83.8 Å². The summed E-state index contributed by atoms with van der Waals surface area (Å²) in [5, 5.41) is 5.87. The molecule has 3 fully saturated rings. The number of rotatable bonds is 4. The van der Waals surface area contributed by atoms with E-state index < -0.39 is 6.04 Å². The van der Waals surface area contributed by atoms with Crippen LogP contribution in [0.2, 0.25) is 0 Å². The highest BCUT2D eigenvalue weighted by atomic mass is 16.2. The van der Waals surface area contributed by atoms with Gasteiger partial charge < -0.3 is 10.2 Å². The first kappa shape index (κ1) is 20.6. The van der Waals surface area contributed by atoms with Crippen molar-refractivity contribution >= 4 is 17.7 Å². The first-order chi connectivity index (χ1) is 15.1. The van der Waals surface area contributed by atoms with Crippen LogP contribution in [0.1, 0.15) is 47.2 Å². The van der Waals surface area contributed by atoms with Crippen molar-refractivity contribution < 1.29 is 14.4 Å². The molecule has 2 N–H and O–H groups in total. The number of fused-ring (bicyclic) bond motifs is 1. The summed E-state index contributed by atoms with van der Waals surface area (Å²) >= 11 is 0. The second kappa shape index (κ2) is 8.68. The van der Waals surface area contributed by atoms with Gasteiger partial charge in [-0.25, -0.2) is 0 Å². The van der Waals surface area contributed by atoms with E-state index in [-0.39, 0.29) is 24.1 Å². The number of carbonyl (C=O) groups is 3. The molecule has 8 nitrogen and oxygen atoms in total. The molecular formula is C23H31N5O3. The van der Waals surface area contributed by atoms with Gasteiger partial charge in [-0.05, 0) is 43.0 Å². The molecule has 4 aliphatic rings. The summed E-state index contributed by atoms with van der Waals surface area (Å²) in [6.45, 7) is 7.94. The Labute approximate surface area is 182 Å². The number of nitrogens with one attached hydrogen (secondary N) is 2. The van der Waals surface area contributed by atoms with E-state index in [1.54, 1.807) is 4.90 Å². The quantitative estimate of drug-likeness (QED) is 0.676. The van der Waals surface area contributed by atoms with Crippen LogP contribution in [0.15, 0.2) is 18.2 Å². The van der Waals surface area contributed by atoms with Crippen LogP contribution in [0.4, 0.5) is 0 Å². The number of imide groups is 1. The average molecular weight is 426 g/mol. The molecular weight excluding hydrogens is 394 g/mol. The van der Waals surface area contributed by atoms with Crippen molar-refractivity contribution in [3.05, 3.63) is 34.9 Å². The molecule has 3 amide bonds. The Balaban J connectivity index is 1.19. The zero-order valence-corrected chi connectivity index (χ0v) is 17.9. The third-order valence-electron chi connectivity index (χ3n) is 7.19. The van der Waals surface area contributed by atoms with Gasteiger partial charge in [0, 0.05) is 63.8 Å². The molecule has 1 aromatic rings. The Morgan fingerprint density at radius 2 is 1.87 bits per heavy atom. The SMILES string of the molecule is O=C1CCC(N2Cc3cc(CN4CCN(C5CCCNC5)CC4)ccc3C2=O)C(=O)N1. The van der Waals surface area contributed by atoms with Crippen LogP contribution in [0.25, 0.3) is 0 Å². The summed E-state index contributed by atoms with van der Waals surface area (Å²) in [5.74, 6) is -0.720. The van der Waals surface area contributed by atoms with E-state index in [9.17, 15) is 14.4 Å². The van der Waals surface area contributed by atoms with Crippen LogP contribution in [0.3, 0.4) is 0 Å². The molecule has 4 heterocycles. The summed E-state index contributed by atoms with van der Waals surface area (Å²) in [4.78, 5) is 43.2. The van der Waals surface area contributed by atoms with Crippen molar-refractivity contribution in [2.75, 3.05) is 39.3 Å². The molecule has 4 aliphatic heterocycles. The molecule has 8 heteroatoms. The van der Waals surface area contributed by atoms with E-state index in [0.717, 1.165) is 51.4 Å². The fraction of sp³-hybridized carbons (Fsp3) is 0.609. The van der Waals surface area contributed by atoms with Gasteiger partial charge >= 0.3 is 0 Å². The zero-order valence-electron chi connectivity index (χ0n) is 17.9. The van der Waals surface area contributed by atoms with Gasteiger partial charge in [-0.2, -0.15) is 0 Å². The van der Waals surface area contributed by atoms with Gasteiger partial charge in [0.05, 0.1) is 0 Å². The number of carbonyl (C=O) groups excluding carboxylic acids is 3. The zero-order chi connectivity index (χ0) is 21.4. The van der Waals surface area contributed by atoms with Crippen molar-refractivity contribution in [3.63, 3.8) is 0 Å². The standard InChI is InChI=1S/C23H31N5O3/c29-21-6-5-20(22(30)25-21)28-15-17-12-16(3-4-19(17)23(28)31)14-26-8-10-27(11-9-26)18-2-1-7-24-13-18/h3-4,12,18,20,24H,1-2,5-11,13-15H2,(H,25,29,30). The summed E-state index contributed by atoms with van der Waals surface area (Å²) in [6.07, 6.45) is 3.26. The molecule has 0 spiro atoms. The van der Waals surface area contributed by atoms with Crippen LogP contribution in [0.5, 0.6) is 0 Å². The highest BCUT2D eigenvalue weighted by Crippen LogP contribution is 2.28. The summed E-state index contributed by atoms with van der Waals surface area (Å²) in [7, 11) is 0. The lowest BCUT2D eigenvalue weighted by Crippen LogP contribution is -2.54. The van der Waals surface area contributed by atoms with Crippen molar-refractivity contribution in [3.8, 4) is 0 Å². The minimum Gasteiger partial charge on any atom is -0.322 e. The van der Waals surface area contributed by atoms with E-state index in [1.807, 2.05) is 12.1 Å². The Morgan fingerprint density at radius 3 is 2.61 bits per heavy atom. The second-order valence-electron chi connectivity index (χ2n) is 9.20. The minimum absolute atomic E-state index is 0.106. The average Bonchev–Trinajstić information content (AvgIpc) is 3.10. The van der Waals surface area contributed by atoms with Gasteiger partial charge in [-0.1, -0.05) is 12.1 Å². The van der Waals surface area contributed by atoms with Crippen LogP contribution < -0.4 is 10.6 Å². The molecule has 1 aromatic carbocycles. The maximum atomic E-state index is 12.9. The van der Waals surface area contributed by atoms with Gasteiger partial charge in [-0.15, -0.1) is 0 Å². The van der Waals surface area contributed by atoms with Gasteiger partial charge in [0.15, 0.2) is 0 Å². The van der Waals surface area contributed by atoms with E-state index >= 15 is 0 Å². The lowest BCUT2D eigenvalue weighted by Gasteiger charge is -2.41. The number of benzene rings is 1. The lowest BCUT2D eigenvalue weighted by molar-refractivity contribution is -0.136. The third kappa shape index (κ3) is 4.24. The smallest absolute Gasteiger partial charge is 0.255 e. The van der Waals surface area contributed by atoms with Crippen molar-refractivity contribution in [1.29, 1.82) is 0 Å². The molecule has 3 saturated heterocycles. The summed E-state index contributed by atoms with van der Waals surface area (Å²) in [5.41, 5.74) is 2.88. The minimum atomic E-state index is -0.552. The van der Waals surface area contributed by atoms with E-state index in [0.29, 0.717) is 24.6 Å². The van der Waals surface area contributed by atoms with Crippen molar-refractivity contribution in [2.24, 2.45) is 0 Å². The van der Waals surface area contributed by atoms with Gasteiger partial charge in [-0.3, -0.25) is 29.5 Å². The molecule has 0 saturated carbocycles. The lowest BCUT2D eigenvalue weighted by atomic mass is 10.0. The molecule has 166 valence electrons. The fourth-order valence-corrected chi connectivity index (χ4v) is 5.42. The van der Waals surface area contributed by atoms with Crippen molar-refractivity contribution in [2.45, 2.75) is 50.9 Å². The predicted octanol–water partition coefficient (Wildman–Crippen LogP) is 0.317. The number of piperidine rings is 2. The number of hydrogen-bond donors (Lipinski definition) is 2. The topological polar surface area (TPSA) is 85.0 Å². The van der Waals surface area contributed by atoms with E-state index in [1.165, 1.54) is 18.4 Å². The van der Waals surface area contributed by atoms with E-state index in [4.69, 9.17) is 0 Å². The number of piperazine rings is 1. The van der Waals surface area contributed by atoms with E-state index in [2.05, 4.69) is 26.5 Å². The van der Waals surface area contributed by atoms with Crippen molar-refractivity contribution in [1.82, 2.24) is 25.3 Å². The Hall–Kier alpha value is -2.29. The highest BCUT2D eigenvalue weighted by molar-refractivity contribution is 6.05. The Bertz CT molecular complexity index is 874. The number of amides is 3. The predicted molar refractivity (Wildman–Crippen MR) is 115 cm³/mol. The maximum Gasteiger partial charge on any atom is 0.255 e. The second-order valence-corrected chi connectivity index (χ2v) is 9.20. The normalized spacial score (nSPS) is 28.0. The first-order valence-electron chi connectivity index (χ1n) is 11.5. The summed E-state index contributed by atoms with van der Waals surface area (Å²) < 4.78 is 0. The molecule has 31 heavy (non-hydrogen) atoms. The molecule has 5 rings (SSSR count). The summed E-state index contributed by atoms with van der Waals surface area (Å²) in [6, 6.07) is 6.20. The van der Waals surface area contributed by atoms with Gasteiger partial charge in [0.25, 0.3) is 5.91 Å². The molecule has 2 atom stereocenters. The number of nitrogens with zero attached hydrogens (tertiary/aromatic N) is 3. The monoisotopic (exact) mass is 425 g/mol. The molecule has 0 radical (unpaired) electrons. The van der Waals surface area contributed by atoms with Crippen LogP contribution in [-0.2, 0) is 22.7 Å². The largest absolute Gasteiger partial charge is 0.322 e. The number of hydrogen-bond acceptors (Lipinski definition) is 6. The molecule has 0 aliphatic carbocycles. The highest BCUT2D eigenvalue weighted by Gasteiger charge is 2.39. The van der Waals surface area contributed by atoms with Crippen LogP contribution >= 0.6 is 0 Å². The fourth-order valence-electron chi connectivity index (χ4n) is 5.42. The molecule has 0 aromatic heterocycles. The molecule has 0 bridgehead atoms. The van der Waals surface area contributed by atoms with Crippen LogP contribution in [0, 0.1) is 0 Å². The third-order valence-corrected chi connectivity index (χ3v) is 7.19. The Morgan fingerprint density at radius 1 is 1.03 bits per heavy atom. The van der Waals surface area contributed by atoms with Gasteiger partial charge in [0.2, 0.25) is 11.8 Å².